The molecule has 0 aliphatic carbocycles. The van der Waals surface area contributed by atoms with Gasteiger partial charge in [-0.2, -0.15) is 0 Å². The molecule has 0 saturated heterocycles. The van der Waals surface area contributed by atoms with Crippen LogP contribution in [0.15, 0.2) is 218 Å². The third kappa shape index (κ3) is 7.87. The number of hydrogen-bond acceptors (Lipinski definition) is 2. The van der Waals surface area contributed by atoms with E-state index in [1.54, 1.807) is 24.3 Å². The zero-order chi connectivity index (χ0) is 41.0. The molecule has 4 heteroatoms. The van der Waals surface area contributed by atoms with Gasteiger partial charge in [-0.3, -0.25) is 9.59 Å². The largest absolute Gasteiger partial charge is 0.276 e. The lowest BCUT2D eigenvalue weighted by Crippen LogP contribution is -1.95. The van der Waals surface area contributed by atoms with Gasteiger partial charge in [0.15, 0.2) is 0 Å². The molecular formula is C56H36Cl2O2. The van der Waals surface area contributed by atoms with E-state index >= 15 is 0 Å². The number of halogens is 2. The number of carbonyl (C=O) groups is 2. The molecule has 0 atom stereocenters. The number of carbonyl (C=O) groups excluding carboxylic acids is 2. The Bertz CT molecular complexity index is 2760. The second kappa shape index (κ2) is 17.0. The van der Waals surface area contributed by atoms with Crippen molar-refractivity contribution in [3.8, 4) is 89.0 Å². The molecule has 0 heterocycles. The van der Waals surface area contributed by atoms with Crippen LogP contribution in [-0.4, -0.2) is 10.5 Å². The molecule has 2 nitrogen and oxygen atoms in total. The molecule has 0 saturated carbocycles. The first-order chi connectivity index (χ1) is 29.4. The topological polar surface area (TPSA) is 34.1 Å². The van der Waals surface area contributed by atoms with Crippen molar-refractivity contribution in [3.63, 3.8) is 0 Å². The van der Waals surface area contributed by atoms with Crippen molar-refractivity contribution in [2.24, 2.45) is 0 Å². The molecule has 0 amide bonds. The number of benzene rings is 9. The molecule has 9 aromatic carbocycles. The highest BCUT2D eigenvalue weighted by molar-refractivity contribution is 6.68. The summed E-state index contributed by atoms with van der Waals surface area (Å²) in [6.07, 6.45) is 0. The zero-order valence-corrected chi connectivity index (χ0v) is 33.9. The van der Waals surface area contributed by atoms with Gasteiger partial charge in [-0.25, -0.2) is 0 Å². The van der Waals surface area contributed by atoms with Crippen LogP contribution in [0.2, 0.25) is 0 Å². The predicted octanol–water partition coefficient (Wildman–Crippen LogP) is 15.8. The highest BCUT2D eigenvalue weighted by Crippen LogP contribution is 2.46. The second-order valence-electron chi connectivity index (χ2n) is 14.6. The summed E-state index contributed by atoms with van der Waals surface area (Å²) in [6, 6.07) is 74.8. The van der Waals surface area contributed by atoms with E-state index in [0.29, 0.717) is 11.1 Å². The summed E-state index contributed by atoms with van der Waals surface area (Å²) in [6.45, 7) is 0. The van der Waals surface area contributed by atoms with Crippen LogP contribution in [0.1, 0.15) is 20.7 Å². The van der Waals surface area contributed by atoms with Crippen molar-refractivity contribution in [3.05, 3.63) is 230 Å². The van der Waals surface area contributed by atoms with E-state index in [9.17, 15) is 9.59 Å². The minimum Gasteiger partial charge on any atom is -0.276 e. The maximum absolute atomic E-state index is 12.0. The Labute approximate surface area is 360 Å². The molecule has 0 radical (unpaired) electrons. The molecule has 0 aliphatic rings. The summed E-state index contributed by atoms with van der Waals surface area (Å²) in [4.78, 5) is 23.9. The molecule has 9 aromatic rings. The molecular weight excluding hydrogens is 776 g/mol. The first-order valence-corrected chi connectivity index (χ1v) is 20.5. The van der Waals surface area contributed by atoms with Gasteiger partial charge in [0.25, 0.3) is 10.5 Å². The first kappa shape index (κ1) is 38.4. The Balaban J connectivity index is 1.27. The van der Waals surface area contributed by atoms with Crippen LogP contribution in [0.25, 0.3) is 89.0 Å². The zero-order valence-electron chi connectivity index (χ0n) is 32.4. The van der Waals surface area contributed by atoms with Crippen LogP contribution in [0.4, 0.5) is 0 Å². The van der Waals surface area contributed by atoms with E-state index in [1.165, 1.54) is 0 Å². The van der Waals surface area contributed by atoms with Crippen LogP contribution < -0.4 is 0 Å². The molecule has 0 aromatic heterocycles. The smallest absolute Gasteiger partial charge is 0.252 e. The lowest BCUT2D eigenvalue weighted by Gasteiger charge is -2.21. The maximum Gasteiger partial charge on any atom is 0.252 e. The Morgan fingerprint density at radius 1 is 0.250 bits per heavy atom. The van der Waals surface area contributed by atoms with Gasteiger partial charge in [0.1, 0.15) is 0 Å². The number of hydrogen-bond donors (Lipinski definition) is 0. The Morgan fingerprint density at radius 3 is 0.750 bits per heavy atom. The molecule has 9 rings (SSSR count). The second-order valence-corrected chi connectivity index (χ2v) is 15.3. The van der Waals surface area contributed by atoms with Crippen molar-refractivity contribution in [2.75, 3.05) is 0 Å². The minimum absolute atomic E-state index is 0.456. The molecule has 0 bridgehead atoms. The fraction of sp³-hybridized carbons (Fsp3) is 0. The summed E-state index contributed by atoms with van der Waals surface area (Å²) in [5.41, 5.74) is 18.1. The third-order valence-corrected chi connectivity index (χ3v) is 11.4. The molecule has 0 aliphatic heterocycles. The summed E-state index contributed by atoms with van der Waals surface area (Å²) >= 11 is 11.7. The lowest BCUT2D eigenvalue weighted by atomic mass is 9.83. The first-order valence-electron chi connectivity index (χ1n) is 19.7. The fourth-order valence-electron chi connectivity index (χ4n) is 8.01. The molecule has 0 fully saturated rings. The SMILES string of the molecule is O=C(Cl)c1ccc(-c2cc(-c3ccccc3)c(-c3ccccc3)c(-c3ccc(-c4cc(-c5ccc(C(=O)Cl)cc5)cc(-c5ccccc5)c4-c4ccccc4)cc3)c2)cc1. The lowest BCUT2D eigenvalue weighted by molar-refractivity contribution is 0.107. The van der Waals surface area contributed by atoms with Crippen LogP contribution in [0, 0.1) is 0 Å². The Hall–Kier alpha value is -7.10. The number of rotatable bonds is 10. The standard InChI is InChI=1S/C56H36Cl2O2/c57-55(59)45-29-21-37(22-30-45)47-33-49(39-13-5-1-6-14-39)53(43-17-9-3-10-18-43)51(35-47)41-25-27-42(28-26-41)52-36-48(38-23-31-46(32-24-38)56(58)60)34-50(40-15-7-2-8-16-40)54(52)44-19-11-4-12-20-44/h1-36H. The van der Waals surface area contributed by atoms with Crippen LogP contribution >= 0.6 is 23.2 Å². The average Bonchev–Trinajstić information content (AvgIpc) is 3.32. The summed E-state index contributed by atoms with van der Waals surface area (Å²) in [5, 5.41) is -0.964. The molecule has 286 valence electrons. The van der Waals surface area contributed by atoms with Crippen molar-refractivity contribution in [1.29, 1.82) is 0 Å². The molecule has 0 spiro atoms. The summed E-state index contributed by atoms with van der Waals surface area (Å²) < 4.78 is 0. The van der Waals surface area contributed by atoms with E-state index in [-0.39, 0.29) is 0 Å². The highest BCUT2D eigenvalue weighted by Gasteiger charge is 2.20. The van der Waals surface area contributed by atoms with Crippen molar-refractivity contribution >= 4 is 33.7 Å². The van der Waals surface area contributed by atoms with E-state index in [1.807, 2.05) is 48.5 Å². The minimum atomic E-state index is -0.482. The Morgan fingerprint density at radius 2 is 0.483 bits per heavy atom. The van der Waals surface area contributed by atoms with E-state index < -0.39 is 10.5 Å². The summed E-state index contributed by atoms with van der Waals surface area (Å²) in [7, 11) is 0. The van der Waals surface area contributed by atoms with Gasteiger partial charge in [-0.1, -0.05) is 170 Å². The van der Waals surface area contributed by atoms with Gasteiger partial charge in [0.05, 0.1) is 0 Å². The monoisotopic (exact) mass is 810 g/mol. The summed E-state index contributed by atoms with van der Waals surface area (Å²) in [5.74, 6) is 0. The van der Waals surface area contributed by atoms with Crippen molar-refractivity contribution < 1.29 is 9.59 Å². The van der Waals surface area contributed by atoms with Crippen LogP contribution in [-0.2, 0) is 0 Å². The fourth-order valence-corrected chi connectivity index (χ4v) is 8.26. The van der Waals surface area contributed by atoms with Gasteiger partial charge in [0, 0.05) is 11.1 Å². The highest BCUT2D eigenvalue weighted by atomic mass is 35.5. The quantitative estimate of drug-likeness (QED) is 0.129. The normalized spacial score (nSPS) is 11.0. The van der Waals surface area contributed by atoms with Crippen LogP contribution in [0.3, 0.4) is 0 Å². The van der Waals surface area contributed by atoms with Gasteiger partial charge < -0.3 is 0 Å². The predicted molar refractivity (Wildman–Crippen MR) is 250 cm³/mol. The van der Waals surface area contributed by atoms with Gasteiger partial charge in [-0.05, 0) is 161 Å². The average molecular weight is 812 g/mol. The van der Waals surface area contributed by atoms with Gasteiger partial charge in [-0.15, -0.1) is 0 Å². The Kier molecular flexibility index (Phi) is 10.9. The van der Waals surface area contributed by atoms with E-state index in [0.717, 1.165) is 89.0 Å². The molecule has 0 N–H and O–H groups in total. The van der Waals surface area contributed by atoms with E-state index in [2.05, 4.69) is 146 Å². The maximum atomic E-state index is 12.0. The van der Waals surface area contributed by atoms with E-state index in [4.69, 9.17) is 23.2 Å². The van der Waals surface area contributed by atoms with Gasteiger partial charge >= 0.3 is 0 Å². The third-order valence-electron chi connectivity index (χ3n) is 11.0. The van der Waals surface area contributed by atoms with Crippen molar-refractivity contribution in [2.45, 2.75) is 0 Å². The molecule has 0 unspecified atom stereocenters. The van der Waals surface area contributed by atoms with Crippen LogP contribution in [0.5, 0.6) is 0 Å². The van der Waals surface area contributed by atoms with Gasteiger partial charge in [0.2, 0.25) is 0 Å². The van der Waals surface area contributed by atoms with Crippen molar-refractivity contribution in [1.82, 2.24) is 0 Å². The molecule has 60 heavy (non-hydrogen) atoms.